The third kappa shape index (κ3) is 63.6. The van der Waals surface area contributed by atoms with Crippen LogP contribution >= 0.6 is 0 Å². The zero-order chi connectivity index (χ0) is 86.0. The maximum atomic E-state index is 14.9. The van der Waals surface area contributed by atoms with Crippen LogP contribution < -0.4 is 10.6 Å². The second kappa shape index (κ2) is 84.2. The average Bonchev–Trinajstić information content (AvgIpc) is 0.790. The molecular formula is C100H192N2O19. The lowest BCUT2D eigenvalue weighted by Gasteiger charge is -2.46. The number of carbonyl (C=O) groups excluding carboxylic acids is 7. The molecule has 21 nitrogen and oxygen atoms in total. The van der Waals surface area contributed by atoms with E-state index in [9.17, 15) is 54.0 Å². The van der Waals surface area contributed by atoms with Crippen LogP contribution in [0.4, 0.5) is 0 Å². The van der Waals surface area contributed by atoms with Crippen molar-refractivity contribution in [3.05, 3.63) is 0 Å². The van der Waals surface area contributed by atoms with Gasteiger partial charge in [-0.3, -0.25) is 33.6 Å². The van der Waals surface area contributed by atoms with Crippen molar-refractivity contribution in [3.8, 4) is 0 Å². The zero-order valence-electron chi connectivity index (χ0n) is 76.2. The summed E-state index contributed by atoms with van der Waals surface area (Å²) in [7, 11) is 0. The Kier molecular flexibility index (Phi) is 82.8. The standard InChI is InChI=1S/C97H180N2O19.3CH4/c1-7-13-19-25-31-37-39-40-42-48-54-59-65-70-86(104)113-79(67-61-55-49-43-33-27-21-15-9-3)73-84(102)98-90-93(109)92(108)83(116-96(90)110)77-111-97-91(99-85(103)74-80(68-62-56-50-44-34-28-22-16-10-4)114-87(105)71-64-58-52-46-36-30-24-18-12-6)95(94(112-78-101)82(76-100)117-97)118-89(107)75-81(69-63-57-51-45-35-29-23-17-11-5)115-88(106)72-66-60-53-47-41-38-32-26-20-14-8-2;;;/h78-83,90-97,100,108-110H,7-77H2,1-6H3,(H,98,102)(H,99,103);3*1H4/t79-,80-,81-,82?,83?,90?,91?,92?,93?,94?,95?,96?,97?;;;/m1.../s1. The Bertz CT molecular complexity index is 2390. The maximum absolute atomic E-state index is 14.9. The largest absolute Gasteiger partial charge is 0.462 e. The highest BCUT2D eigenvalue weighted by Crippen LogP contribution is 2.32. The van der Waals surface area contributed by atoms with Crippen molar-refractivity contribution in [1.29, 1.82) is 0 Å². The Balaban J connectivity index is 0. The molecule has 0 aliphatic carbocycles. The molecule has 2 aliphatic rings. The summed E-state index contributed by atoms with van der Waals surface area (Å²) >= 11 is 0. The van der Waals surface area contributed by atoms with Crippen molar-refractivity contribution in [2.24, 2.45) is 0 Å². The van der Waals surface area contributed by atoms with Gasteiger partial charge in [-0.05, 0) is 57.8 Å². The topological polar surface area (TPSA) is 298 Å². The van der Waals surface area contributed by atoms with E-state index in [1.165, 1.54) is 186 Å². The second-order valence-electron chi connectivity index (χ2n) is 35.1. The highest BCUT2D eigenvalue weighted by Gasteiger charge is 2.52. The van der Waals surface area contributed by atoms with Crippen LogP contribution in [0.25, 0.3) is 0 Å². The van der Waals surface area contributed by atoms with Gasteiger partial charge >= 0.3 is 23.9 Å². The van der Waals surface area contributed by atoms with Crippen molar-refractivity contribution in [3.63, 3.8) is 0 Å². The van der Waals surface area contributed by atoms with Gasteiger partial charge in [0.05, 0.1) is 32.5 Å². The SMILES string of the molecule is C.C.C.CCCCCCCCCCCCCCCC(=O)O[C@H](CCCCCCCCCCC)CC(=O)NC1C(O)OC(COC2OC(CO)C(OC=O)C(OC(=O)C[C@@H](CCCCCCCCCCC)OC(=O)CCCCCCCCCCCCC)C2NC(=O)C[C@@H](CCCCCCCCCCC)OC(=O)CCCCCCCCCCC)C(O)C1O. The molecule has 2 aliphatic heterocycles. The van der Waals surface area contributed by atoms with Gasteiger partial charge in [-0.1, -0.05) is 411 Å². The minimum atomic E-state index is -1.92. The van der Waals surface area contributed by atoms with Gasteiger partial charge in [-0.25, -0.2) is 0 Å². The van der Waals surface area contributed by atoms with E-state index in [1.807, 2.05) is 0 Å². The quantitative estimate of drug-likeness (QED) is 0.0143. The van der Waals surface area contributed by atoms with E-state index in [1.54, 1.807) is 0 Å². The van der Waals surface area contributed by atoms with Crippen LogP contribution in [-0.4, -0.2) is 155 Å². The summed E-state index contributed by atoms with van der Waals surface area (Å²) in [4.78, 5) is 97.2. The molecule has 0 aromatic rings. The highest BCUT2D eigenvalue weighted by molar-refractivity contribution is 5.79. The molecule has 0 spiro atoms. The molecule has 121 heavy (non-hydrogen) atoms. The fraction of sp³-hybridized carbons (Fsp3) is 0.930. The molecule has 0 aromatic heterocycles. The number of ether oxygens (including phenoxy) is 8. The summed E-state index contributed by atoms with van der Waals surface area (Å²) in [6, 6.07) is -3.12. The summed E-state index contributed by atoms with van der Waals surface area (Å²) in [5.74, 6) is -3.43. The molecule has 0 radical (unpaired) electrons. The van der Waals surface area contributed by atoms with E-state index < -0.39 is 129 Å². The third-order valence-electron chi connectivity index (χ3n) is 24.1. The third-order valence-corrected chi connectivity index (χ3v) is 24.1. The number of hydrogen-bond donors (Lipinski definition) is 6. The molecule has 2 rings (SSSR count). The highest BCUT2D eigenvalue weighted by atomic mass is 16.7. The molecule has 0 saturated carbocycles. The fourth-order valence-electron chi connectivity index (χ4n) is 16.6. The number of hydrogen-bond acceptors (Lipinski definition) is 19. The molecule has 0 aromatic carbocycles. The minimum Gasteiger partial charge on any atom is -0.462 e. The number of unbranched alkanes of at least 4 members (excludes halogenated alkanes) is 54. The van der Waals surface area contributed by atoms with Gasteiger partial charge in [0.2, 0.25) is 11.8 Å². The molecule has 2 heterocycles. The van der Waals surface area contributed by atoms with Crippen LogP contribution in [-0.2, 0) is 71.5 Å². The second-order valence-corrected chi connectivity index (χ2v) is 35.1. The van der Waals surface area contributed by atoms with E-state index in [0.717, 1.165) is 167 Å². The normalized spacial score (nSPS) is 19.6. The first-order valence-corrected chi connectivity index (χ1v) is 49.6. The maximum Gasteiger partial charge on any atom is 0.310 e. The van der Waals surface area contributed by atoms with Crippen LogP contribution in [0.15, 0.2) is 0 Å². The van der Waals surface area contributed by atoms with Crippen molar-refractivity contribution >= 4 is 42.2 Å². The van der Waals surface area contributed by atoms with E-state index in [2.05, 4.69) is 52.2 Å². The number of amides is 2. The molecule has 6 N–H and O–H groups in total. The smallest absolute Gasteiger partial charge is 0.310 e. The summed E-state index contributed by atoms with van der Waals surface area (Å²) in [6.07, 6.45) is 50.4. The molecular weight excluding hydrogens is 1530 g/mol. The molecule has 716 valence electrons. The number of aliphatic hydroxyl groups excluding tert-OH is 4. The molecule has 13 atom stereocenters. The summed E-state index contributed by atoms with van der Waals surface area (Å²) < 4.78 is 48.9. The van der Waals surface area contributed by atoms with Crippen molar-refractivity contribution in [1.82, 2.24) is 10.6 Å². The van der Waals surface area contributed by atoms with Gasteiger partial charge < -0.3 is 69.0 Å². The zero-order valence-corrected chi connectivity index (χ0v) is 76.2. The lowest BCUT2D eigenvalue weighted by atomic mass is 9.95. The molecule has 10 unspecified atom stereocenters. The van der Waals surface area contributed by atoms with Gasteiger partial charge in [0.15, 0.2) is 24.8 Å². The van der Waals surface area contributed by atoms with Crippen molar-refractivity contribution in [2.45, 2.75) is 586 Å². The van der Waals surface area contributed by atoms with Crippen LogP contribution in [0.3, 0.4) is 0 Å². The number of nitrogens with one attached hydrogen (secondary N) is 2. The molecule has 21 heteroatoms. The monoisotopic (exact) mass is 1730 g/mol. The lowest BCUT2D eigenvalue weighted by Crippen LogP contribution is -2.67. The Morgan fingerprint density at radius 1 is 0.331 bits per heavy atom. The predicted molar refractivity (Wildman–Crippen MR) is 492 cm³/mol. The summed E-state index contributed by atoms with van der Waals surface area (Å²) in [5.41, 5.74) is 0. The van der Waals surface area contributed by atoms with E-state index >= 15 is 0 Å². The lowest BCUT2D eigenvalue weighted by molar-refractivity contribution is -0.299. The molecule has 2 fully saturated rings. The Morgan fingerprint density at radius 2 is 0.603 bits per heavy atom. The van der Waals surface area contributed by atoms with Crippen LogP contribution in [0.2, 0.25) is 0 Å². The fourth-order valence-corrected chi connectivity index (χ4v) is 16.6. The number of carbonyl (C=O) groups is 7. The van der Waals surface area contributed by atoms with E-state index in [-0.39, 0.29) is 66.8 Å². The van der Waals surface area contributed by atoms with Gasteiger partial charge in [0.1, 0.15) is 54.8 Å². The molecule has 0 bridgehead atoms. The Morgan fingerprint density at radius 3 is 0.893 bits per heavy atom. The number of aliphatic hydroxyl groups is 4. The van der Waals surface area contributed by atoms with E-state index in [0.29, 0.717) is 51.4 Å². The number of rotatable bonds is 84. The summed E-state index contributed by atoms with van der Waals surface area (Å²) in [5, 5.41) is 51.9. The average molecular weight is 1730 g/mol. The minimum absolute atomic E-state index is 0. The Labute approximate surface area is 740 Å². The van der Waals surface area contributed by atoms with Crippen molar-refractivity contribution < 1.29 is 91.9 Å². The van der Waals surface area contributed by atoms with Crippen LogP contribution in [0, 0.1) is 0 Å². The van der Waals surface area contributed by atoms with Gasteiger partial charge in [-0.2, -0.15) is 0 Å². The Hall–Kier alpha value is -3.99. The first-order valence-electron chi connectivity index (χ1n) is 49.6. The first kappa shape index (κ1) is 119. The van der Waals surface area contributed by atoms with Gasteiger partial charge in [0.25, 0.3) is 6.47 Å². The van der Waals surface area contributed by atoms with Crippen LogP contribution in [0.5, 0.6) is 0 Å². The summed E-state index contributed by atoms with van der Waals surface area (Å²) in [6.45, 7) is 11.9. The van der Waals surface area contributed by atoms with Crippen molar-refractivity contribution in [2.75, 3.05) is 13.2 Å². The molecule has 2 amide bonds. The molecule has 2 saturated heterocycles. The van der Waals surface area contributed by atoms with E-state index in [4.69, 9.17) is 37.9 Å². The number of esters is 4. The van der Waals surface area contributed by atoms with Gasteiger partial charge in [-0.15, -0.1) is 0 Å². The van der Waals surface area contributed by atoms with Gasteiger partial charge in [0, 0.05) is 19.3 Å². The predicted octanol–water partition coefficient (Wildman–Crippen LogP) is 24.3. The first-order chi connectivity index (χ1) is 57.6. The van der Waals surface area contributed by atoms with Crippen LogP contribution in [0.1, 0.15) is 507 Å².